The first-order chi connectivity index (χ1) is 7.95. The molecule has 0 amide bonds. The van der Waals surface area contributed by atoms with Crippen molar-refractivity contribution in [2.24, 2.45) is 0 Å². The molecule has 0 atom stereocenters. The Hall–Kier alpha value is -0.513. The van der Waals surface area contributed by atoms with E-state index in [1.54, 1.807) is 0 Å². The van der Waals surface area contributed by atoms with Crippen molar-refractivity contribution < 1.29 is 14.3 Å². The fraction of sp³-hybridized carbons (Fsp3) is 0.923. The molecule has 0 heterocycles. The monoisotopic (exact) mass is 260 g/mol. The Bertz CT molecular complexity index is 199. The van der Waals surface area contributed by atoms with Gasteiger partial charge in [0.1, 0.15) is 0 Å². The molecule has 0 bridgehead atoms. The van der Waals surface area contributed by atoms with E-state index in [0.717, 1.165) is 18.9 Å². The van der Waals surface area contributed by atoms with Gasteiger partial charge in [-0.15, -0.1) is 0 Å². The van der Waals surface area contributed by atoms with Gasteiger partial charge >= 0.3 is 6.16 Å². The molecule has 0 aromatic rings. The summed E-state index contributed by atoms with van der Waals surface area (Å²) in [5.74, 6) is 0. The highest BCUT2D eigenvalue weighted by molar-refractivity contribution is 6.76. The van der Waals surface area contributed by atoms with Gasteiger partial charge in [-0.1, -0.05) is 52.2 Å². The molecule has 0 aromatic carbocycles. The van der Waals surface area contributed by atoms with Crippen molar-refractivity contribution in [3.05, 3.63) is 0 Å². The lowest BCUT2D eigenvalue weighted by Crippen LogP contribution is -2.23. The zero-order valence-corrected chi connectivity index (χ0v) is 12.9. The first-order valence-corrected chi connectivity index (χ1v) is 10.5. The molecule has 0 N–H and O–H groups in total. The van der Waals surface area contributed by atoms with E-state index >= 15 is 0 Å². The second-order valence-electron chi connectivity index (χ2n) is 5.67. The van der Waals surface area contributed by atoms with Gasteiger partial charge < -0.3 is 9.47 Å². The minimum atomic E-state index is -1.11. The number of hydrogen-bond acceptors (Lipinski definition) is 3. The molecule has 0 saturated heterocycles. The van der Waals surface area contributed by atoms with Crippen molar-refractivity contribution in [3.8, 4) is 0 Å². The standard InChI is InChI=1S/C13H28O3Si/c1-5-6-7-8-9-10-15-13(14)16-11-12-17(2,3)4/h5-12H2,1-4H3. The molecule has 0 unspecified atom stereocenters. The average molecular weight is 260 g/mol. The molecule has 0 radical (unpaired) electrons. The van der Waals surface area contributed by atoms with Crippen LogP contribution in [0.1, 0.15) is 39.0 Å². The highest BCUT2D eigenvalue weighted by atomic mass is 28.3. The predicted molar refractivity (Wildman–Crippen MR) is 74.2 cm³/mol. The number of ether oxygens (including phenoxy) is 2. The van der Waals surface area contributed by atoms with Crippen LogP contribution in [0.25, 0.3) is 0 Å². The van der Waals surface area contributed by atoms with Gasteiger partial charge in [-0.05, 0) is 12.5 Å². The van der Waals surface area contributed by atoms with Crippen molar-refractivity contribution in [3.63, 3.8) is 0 Å². The first kappa shape index (κ1) is 16.5. The zero-order chi connectivity index (χ0) is 13.1. The van der Waals surface area contributed by atoms with Crippen molar-refractivity contribution in [1.29, 1.82) is 0 Å². The summed E-state index contributed by atoms with van der Waals surface area (Å²) >= 11 is 0. The van der Waals surface area contributed by atoms with E-state index in [1.165, 1.54) is 19.3 Å². The van der Waals surface area contributed by atoms with Crippen LogP contribution in [-0.2, 0) is 9.47 Å². The summed E-state index contributed by atoms with van der Waals surface area (Å²) in [6, 6.07) is 0.999. The van der Waals surface area contributed by atoms with Crippen LogP contribution in [0.4, 0.5) is 4.79 Å². The quantitative estimate of drug-likeness (QED) is 0.349. The van der Waals surface area contributed by atoms with Crippen LogP contribution in [-0.4, -0.2) is 27.4 Å². The summed E-state index contributed by atoms with van der Waals surface area (Å²) in [5, 5.41) is 0. The molecule has 17 heavy (non-hydrogen) atoms. The Labute approximate surface area is 107 Å². The minimum absolute atomic E-state index is 0.496. The lowest BCUT2D eigenvalue weighted by atomic mass is 10.2. The van der Waals surface area contributed by atoms with Gasteiger partial charge in [0, 0.05) is 8.07 Å². The molecule has 0 rings (SSSR count). The van der Waals surface area contributed by atoms with Gasteiger partial charge in [-0.3, -0.25) is 0 Å². The third kappa shape index (κ3) is 13.4. The van der Waals surface area contributed by atoms with Crippen molar-refractivity contribution in [1.82, 2.24) is 0 Å². The molecular formula is C13H28O3Si. The molecule has 0 aliphatic carbocycles. The van der Waals surface area contributed by atoms with E-state index in [-0.39, 0.29) is 0 Å². The number of unbranched alkanes of at least 4 members (excludes halogenated alkanes) is 4. The fourth-order valence-corrected chi connectivity index (χ4v) is 2.06. The molecule has 0 fully saturated rings. The van der Waals surface area contributed by atoms with Crippen LogP contribution >= 0.6 is 0 Å². The zero-order valence-electron chi connectivity index (χ0n) is 11.9. The molecular weight excluding hydrogens is 232 g/mol. The number of rotatable bonds is 9. The SMILES string of the molecule is CCCCCCCOC(=O)OCC[Si](C)(C)C. The van der Waals surface area contributed by atoms with Crippen LogP contribution in [0.5, 0.6) is 0 Å². The van der Waals surface area contributed by atoms with Gasteiger partial charge in [0.25, 0.3) is 0 Å². The van der Waals surface area contributed by atoms with E-state index < -0.39 is 14.2 Å². The van der Waals surface area contributed by atoms with Crippen LogP contribution in [0.3, 0.4) is 0 Å². The summed E-state index contributed by atoms with van der Waals surface area (Å²) in [7, 11) is -1.11. The summed E-state index contributed by atoms with van der Waals surface area (Å²) < 4.78 is 10.0. The lowest BCUT2D eigenvalue weighted by Gasteiger charge is -2.15. The Morgan fingerprint density at radius 3 is 2.12 bits per heavy atom. The summed E-state index contributed by atoms with van der Waals surface area (Å²) in [6.07, 6.45) is 5.31. The topological polar surface area (TPSA) is 35.5 Å². The Kier molecular flexibility index (Phi) is 9.22. The molecule has 0 spiro atoms. The van der Waals surface area contributed by atoms with Crippen LogP contribution in [0.2, 0.25) is 25.7 Å². The third-order valence-electron chi connectivity index (χ3n) is 2.54. The van der Waals surface area contributed by atoms with Crippen LogP contribution in [0, 0.1) is 0 Å². The molecule has 0 saturated carbocycles. The predicted octanol–water partition coefficient (Wildman–Crippen LogP) is 4.45. The molecule has 0 aliphatic heterocycles. The maximum absolute atomic E-state index is 11.2. The molecule has 4 heteroatoms. The number of carbonyl (C=O) groups is 1. The van der Waals surface area contributed by atoms with Gasteiger partial charge in [-0.2, -0.15) is 0 Å². The highest BCUT2D eigenvalue weighted by Crippen LogP contribution is 2.08. The number of hydrogen-bond donors (Lipinski definition) is 0. The normalized spacial score (nSPS) is 11.3. The number of carbonyl (C=O) groups excluding carboxylic acids is 1. The van der Waals surface area contributed by atoms with E-state index in [0.29, 0.717) is 13.2 Å². The smallest absolute Gasteiger partial charge is 0.435 e. The largest absolute Gasteiger partial charge is 0.508 e. The molecule has 3 nitrogen and oxygen atoms in total. The lowest BCUT2D eigenvalue weighted by molar-refractivity contribution is 0.0576. The van der Waals surface area contributed by atoms with E-state index in [4.69, 9.17) is 9.47 Å². The maximum Gasteiger partial charge on any atom is 0.508 e. The molecule has 0 aromatic heterocycles. The summed E-state index contributed by atoms with van der Waals surface area (Å²) in [5.41, 5.74) is 0. The Morgan fingerprint density at radius 2 is 1.53 bits per heavy atom. The first-order valence-electron chi connectivity index (χ1n) is 6.75. The molecule has 0 aliphatic rings. The minimum Gasteiger partial charge on any atom is -0.435 e. The highest BCUT2D eigenvalue weighted by Gasteiger charge is 2.14. The van der Waals surface area contributed by atoms with Gasteiger partial charge in [0.05, 0.1) is 13.2 Å². The maximum atomic E-state index is 11.2. The van der Waals surface area contributed by atoms with Gasteiger partial charge in [-0.25, -0.2) is 4.79 Å². The van der Waals surface area contributed by atoms with Gasteiger partial charge in [0.15, 0.2) is 0 Å². The second-order valence-corrected chi connectivity index (χ2v) is 11.3. The second kappa shape index (κ2) is 9.51. The molecule has 102 valence electrons. The van der Waals surface area contributed by atoms with Crippen LogP contribution in [0.15, 0.2) is 0 Å². The average Bonchev–Trinajstić information content (AvgIpc) is 2.21. The van der Waals surface area contributed by atoms with E-state index in [1.807, 2.05) is 0 Å². The van der Waals surface area contributed by atoms with E-state index in [9.17, 15) is 4.79 Å². The fourth-order valence-electron chi connectivity index (χ4n) is 1.34. The Balaban J connectivity index is 3.29. The van der Waals surface area contributed by atoms with Crippen molar-refractivity contribution in [2.45, 2.75) is 64.7 Å². The summed E-state index contributed by atoms with van der Waals surface area (Å²) in [4.78, 5) is 11.2. The third-order valence-corrected chi connectivity index (χ3v) is 4.24. The summed E-state index contributed by atoms with van der Waals surface area (Å²) in [6.45, 7) is 9.96. The van der Waals surface area contributed by atoms with Crippen molar-refractivity contribution >= 4 is 14.2 Å². The van der Waals surface area contributed by atoms with Crippen molar-refractivity contribution in [2.75, 3.05) is 13.2 Å². The van der Waals surface area contributed by atoms with Crippen LogP contribution < -0.4 is 0 Å². The Morgan fingerprint density at radius 1 is 0.941 bits per heavy atom. The van der Waals surface area contributed by atoms with Gasteiger partial charge in [0.2, 0.25) is 0 Å². The van der Waals surface area contributed by atoms with E-state index in [2.05, 4.69) is 26.6 Å².